The molecular weight excluding hydrogens is 368 g/mol. The van der Waals surface area contributed by atoms with Crippen molar-refractivity contribution in [1.82, 2.24) is 15.3 Å². The summed E-state index contributed by atoms with van der Waals surface area (Å²) in [6, 6.07) is 0. The van der Waals surface area contributed by atoms with Crippen LogP contribution in [0.5, 0.6) is 0 Å². The summed E-state index contributed by atoms with van der Waals surface area (Å²) in [5.74, 6) is 1.42. The summed E-state index contributed by atoms with van der Waals surface area (Å²) < 4.78 is 5.17. The highest BCUT2D eigenvalue weighted by molar-refractivity contribution is 6.30. The van der Waals surface area contributed by atoms with Crippen LogP contribution in [0.25, 0.3) is 5.57 Å². The first kappa shape index (κ1) is 17.9. The number of anilines is 1. The number of rotatable bonds is 4. The fourth-order valence-corrected chi connectivity index (χ4v) is 3.78. The van der Waals surface area contributed by atoms with Crippen LogP contribution in [0, 0.1) is 5.92 Å². The maximum atomic E-state index is 12.4. The van der Waals surface area contributed by atoms with Gasteiger partial charge in [0, 0.05) is 35.7 Å². The number of aliphatic imine (C=N–C) groups is 1. The number of ether oxygens (including phenoxy) is 1. The number of esters is 1. The number of aromatic nitrogens is 2. The number of halogens is 1. The first-order valence-electron chi connectivity index (χ1n) is 9.04. The first-order chi connectivity index (χ1) is 13.1. The summed E-state index contributed by atoms with van der Waals surface area (Å²) in [7, 11) is 0. The van der Waals surface area contributed by atoms with Gasteiger partial charge in [-0.2, -0.15) is 0 Å². The zero-order chi connectivity index (χ0) is 19.0. The highest BCUT2D eigenvalue weighted by Gasteiger charge is 2.33. The van der Waals surface area contributed by atoms with Gasteiger partial charge in [0.15, 0.2) is 5.82 Å². The molecule has 3 aliphatic heterocycles. The van der Waals surface area contributed by atoms with E-state index in [1.165, 1.54) is 6.20 Å². The second-order valence-electron chi connectivity index (χ2n) is 6.65. The third-order valence-corrected chi connectivity index (χ3v) is 5.17. The van der Waals surface area contributed by atoms with Gasteiger partial charge in [-0.05, 0) is 26.2 Å². The molecule has 1 aromatic rings. The van der Waals surface area contributed by atoms with Gasteiger partial charge in [-0.1, -0.05) is 11.6 Å². The topological polar surface area (TPSA) is 106 Å². The van der Waals surface area contributed by atoms with E-state index in [4.69, 9.17) is 27.1 Å². The molecule has 3 aliphatic rings. The predicted octanol–water partition coefficient (Wildman–Crippen LogP) is 1.98. The molecule has 1 saturated heterocycles. The average Bonchev–Trinajstić information content (AvgIpc) is 3.27. The quantitative estimate of drug-likeness (QED) is 0.759. The molecule has 0 aliphatic carbocycles. The van der Waals surface area contributed by atoms with E-state index in [9.17, 15) is 4.79 Å². The van der Waals surface area contributed by atoms with E-state index in [-0.39, 0.29) is 18.7 Å². The van der Waals surface area contributed by atoms with Crippen molar-refractivity contribution in [3.63, 3.8) is 0 Å². The maximum absolute atomic E-state index is 12.4. The van der Waals surface area contributed by atoms with E-state index in [2.05, 4.69) is 15.3 Å². The van der Waals surface area contributed by atoms with Crippen molar-refractivity contribution in [2.45, 2.75) is 32.4 Å². The standard InChI is InChI=1S/C18H21ClN6O2/c1-2-27-18(26)13-9-23-16(24-17(13)25-5-3-4-14(25)20)12-8-22-15-11(12)6-10(19)7-21-15/h7-9,11,14H,2-6,20H2,1H3,(H,21,22). The van der Waals surface area contributed by atoms with Crippen molar-refractivity contribution >= 4 is 34.8 Å². The van der Waals surface area contributed by atoms with Crippen molar-refractivity contribution in [1.29, 1.82) is 0 Å². The Hall–Kier alpha value is -2.45. The lowest BCUT2D eigenvalue weighted by atomic mass is 9.95. The minimum Gasteiger partial charge on any atom is -0.462 e. The molecule has 0 saturated carbocycles. The summed E-state index contributed by atoms with van der Waals surface area (Å²) in [6.45, 7) is 2.80. The molecule has 0 spiro atoms. The third kappa shape index (κ3) is 3.30. The zero-order valence-electron chi connectivity index (χ0n) is 15.0. The van der Waals surface area contributed by atoms with Crippen molar-refractivity contribution in [2.75, 3.05) is 18.1 Å². The smallest absolute Gasteiger partial charge is 0.343 e. The molecule has 8 nitrogen and oxygen atoms in total. The van der Waals surface area contributed by atoms with Crippen LogP contribution in [0.3, 0.4) is 0 Å². The average molecular weight is 389 g/mol. The Kier molecular flexibility index (Phi) is 4.84. The second kappa shape index (κ2) is 7.28. The Morgan fingerprint density at radius 3 is 3.11 bits per heavy atom. The summed E-state index contributed by atoms with van der Waals surface area (Å²) in [4.78, 5) is 27.8. The Labute approximate surface area is 162 Å². The monoisotopic (exact) mass is 388 g/mol. The highest BCUT2D eigenvalue weighted by Crippen LogP contribution is 2.36. The Bertz CT molecular complexity index is 865. The molecule has 3 N–H and O–H groups in total. The van der Waals surface area contributed by atoms with E-state index in [1.54, 1.807) is 13.1 Å². The number of hydrogen-bond donors (Lipinski definition) is 2. The molecule has 1 fully saturated rings. The van der Waals surface area contributed by atoms with Gasteiger partial charge in [0.1, 0.15) is 17.2 Å². The Balaban J connectivity index is 1.72. The van der Waals surface area contributed by atoms with Gasteiger partial charge in [0.05, 0.1) is 18.7 Å². The molecular formula is C18H21ClN6O2. The first-order valence-corrected chi connectivity index (χ1v) is 9.42. The molecule has 0 radical (unpaired) electrons. The lowest BCUT2D eigenvalue weighted by Crippen LogP contribution is -2.38. The van der Waals surface area contributed by atoms with E-state index in [0.717, 1.165) is 30.8 Å². The second-order valence-corrected chi connectivity index (χ2v) is 7.13. The van der Waals surface area contributed by atoms with Crippen LogP contribution in [0.15, 0.2) is 28.6 Å². The fourth-order valence-electron chi connectivity index (χ4n) is 3.58. The molecule has 0 bridgehead atoms. The molecule has 4 heterocycles. The number of nitrogens with one attached hydrogen (secondary N) is 1. The van der Waals surface area contributed by atoms with Crippen molar-refractivity contribution in [2.24, 2.45) is 16.6 Å². The minimum atomic E-state index is -0.442. The lowest BCUT2D eigenvalue weighted by Gasteiger charge is -2.25. The molecule has 2 unspecified atom stereocenters. The van der Waals surface area contributed by atoms with Gasteiger partial charge < -0.3 is 20.7 Å². The van der Waals surface area contributed by atoms with Gasteiger partial charge >= 0.3 is 5.97 Å². The number of allylic oxidation sites excluding steroid dienone is 1. The van der Waals surface area contributed by atoms with Gasteiger partial charge in [0.2, 0.25) is 0 Å². The number of nitrogens with zero attached hydrogens (tertiary/aromatic N) is 4. The molecule has 4 rings (SSSR count). The van der Waals surface area contributed by atoms with E-state index in [1.807, 2.05) is 11.1 Å². The summed E-state index contributed by atoms with van der Waals surface area (Å²) in [6.07, 6.45) is 7.29. The Morgan fingerprint density at radius 1 is 1.52 bits per heavy atom. The fraction of sp³-hybridized carbons (Fsp3) is 0.444. The zero-order valence-corrected chi connectivity index (χ0v) is 15.7. The largest absolute Gasteiger partial charge is 0.462 e. The van der Waals surface area contributed by atoms with Crippen molar-refractivity contribution in [3.05, 3.63) is 35.0 Å². The lowest BCUT2D eigenvalue weighted by molar-refractivity contribution is 0.0526. The third-order valence-electron chi connectivity index (χ3n) is 4.92. The molecule has 2 atom stereocenters. The Morgan fingerprint density at radius 2 is 2.37 bits per heavy atom. The van der Waals surface area contributed by atoms with Crippen LogP contribution in [0.1, 0.15) is 42.4 Å². The number of amidine groups is 1. The number of fused-ring (bicyclic) bond motifs is 1. The molecule has 0 amide bonds. The van der Waals surface area contributed by atoms with Crippen LogP contribution in [0.4, 0.5) is 5.82 Å². The van der Waals surface area contributed by atoms with Gasteiger partial charge in [-0.15, -0.1) is 0 Å². The highest BCUT2D eigenvalue weighted by atomic mass is 35.5. The van der Waals surface area contributed by atoms with Gasteiger partial charge in [-0.3, -0.25) is 0 Å². The van der Waals surface area contributed by atoms with Crippen LogP contribution in [-0.4, -0.2) is 41.1 Å². The van der Waals surface area contributed by atoms with E-state index >= 15 is 0 Å². The number of hydrogen-bond acceptors (Lipinski definition) is 8. The van der Waals surface area contributed by atoms with Crippen LogP contribution >= 0.6 is 11.6 Å². The molecule has 9 heteroatoms. The van der Waals surface area contributed by atoms with Crippen molar-refractivity contribution < 1.29 is 9.53 Å². The van der Waals surface area contributed by atoms with E-state index < -0.39 is 5.97 Å². The van der Waals surface area contributed by atoms with Crippen LogP contribution < -0.4 is 16.0 Å². The minimum absolute atomic E-state index is 0.0176. The number of nitrogens with two attached hydrogens (primary N) is 1. The molecule has 27 heavy (non-hydrogen) atoms. The van der Waals surface area contributed by atoms with Gasteiger partial charge in [-0.25, -0.2) is 19.8 Å². The number of carbonyl (C=O) groups is 1. The maximum Gasteiger partial charge on any atom is 0.343 e. The summed E-state index contributed by atoms with van der Waals surface area (Å²) >= 11 is 6.16. The predicted molar refractivity (Wildman–Crippen MR) is 103 cm³/mol. The molecule has 1 aromatic heterocycles. The number of carbonyl (C=O) groups excluding carboxylic acids is 1. The van der Waals surface area contributed by atoms with E-state index in [0.29, 0.717) is 28.7 Å². The summed E-state index contributed by atoms with van der Waals surface area (Å²) in [5, 5.41) is 3.84. The van der Waals surface area contributed by atoms with Crippen molar-refractivity contribution in [3.8, 4) is 0 Å². The van der Waals surface area contributed by atoms with Crippen LogP contribution in [0.2, 0.25) is 0 Å². The molecule has 142 valence electrons. The normalized spacial score (nSPS) is 24.0. The summed E-state index contributed by atoms with van der Waals surface area (Å²) in [5.41, 5.74) is 7.45. The SMILES string of the molecule is CCOC(=O)c1cnc(C2=CNC3=NC=C(Cl)CC23)nc1N1CCCC1N. The van der Waals surface area contributed by atoms with Crippen LogP contribution in [-0.2, 0) is 4.74 Å². The van der Waals surface area contributed by atoms with Gasteiger partial charge in [0.25, 0.3) is 0 Å². The molecule has 0 aromatic carbocycles.